The zero-order valence-corrected chi connectivity index (χ0v) is 27.9. The zero-order valence-electron chi connectivity index (χ0n) is 27.9. The van der Waals surface area contributed by atoms with Crippen molar-refractivity contribution in [3.05, 3.63) is 53.1 Å². The number of rotatable bonds is 11. The van der Waals surface area contributed by atoms with Crippen LogP contribution in [0.1, 0.15) is 49.3 Å². The monoisotopic (exact) mass is 662 g/mol. The third kappa shape index (κ3) is 5.84. The molecule has 13 heteroatoms. The number of amides is 4. The number of nitrogens with zero attached hydrogens (tertiary/aromatic N) is 2. The number of quaternary nitrogens is 1. The van der Waals surface area contributed by atoms with Gasteiger partial charge in [-0.3, -0.25) is 19.2 Å². The van der Waals surface area contributed by atoms with Gasteiger partial charge in [-0.05, 0) is 42.3 Å². The summed E-state index contributed by atoms with van der Waals surface area (Å²) in [4.78, 5) is 62.3. The Morgan fingerprint density at radius 3 is 2.60 bits per heavy atom. The van der Waals surface area contributed by atoms with Crippen LogP contribution in [0.15, 0.2) is 36.4 Å². The standard InChI is InChI=1S/C35H43N5O8/c1-20(41)38-25(18-29(36)43)33(44)37-14-15-39(2)34(45)47-23-8-5-21(6-9-23)19-40(3)16-13-35-24-10-11-27(42)32(35)48-31-28(46-4)12-7-22(30(31)35)17-26(24)40/h5-9,12,24-26,32H,10-11,13-19H2,1-4H3,(H3-,36,37,38,41,43,44)/p+1/t24-,25-,26?,32-,35-,40+/m0/s1. The Bertz CT molecular complexity index is 1630. The van der Waals surface area contributed by atoms with Gasteiger partial charge in [-0.2, -0.15) is 0 Å². The van der Waals surface area contributed by atoms with Gasteiger partial charge in [0.05, 0.1) is 38.6 Å². The fraction of sp³-hybridized carbons (Fsp3) is 0.514. The van der Waals surface area contributed by atoms with Gasteiger partial charge in [0, 0.05) is 63.4 Å². The molecule has 256 valence electrons. The molecule has 48 heavy (non-hydrogen) atoms. The fourth-order valence-corrected chi connectivity index (χ4v) is 8.61. The summed E-state index contributed by atoms with van der Waals surface area (Å²) in [6.45, 7) is 3.18. The highest BCUT2D eigenvalue weighted by molar-refractivity contribution is 5.91. The summed E-state index contributed by atoms with van der Waals surface area (Å²) in [6, 6.07) is 10.9. The Kier molecular flexibility index (Phi) is 8.84. The van der Waals surface area contributed by atoms with Crippen LogP contribution in [0.4, 0.5) is 4.79 Å². The molecule has 2 bridgehead atoms. The average Bonchev–Trinajstić information content (AvgIpc) is 3.40. The molecule has 4 amide bonds. The van der Waals surface area contributed by atoms with Gasteiger partial charge in [0.1, 0.15) is 18.3 Å². The molecule has 2 aromatic carbocycles. The summed E-state index contributed by atoms with van der Waals surface area (Å²) < 4.78 is 18.5. The summed E-state index contributed by atoms with van der Waals surface area (Å²) >= 11 is 0. The molecule has 2 aromatic rings. The van der Waals surface area contributed by atoms with Crippen molar-refractivity contribution in [2.75, 3.05) is 40.8 Å². The fourth-order valence-electron chi connectivity index (χ4n) is 8.61. The van der Waals surface area contributed by atoms with Crippen LogP contribution in [0, 0.1) is 5.92 Å². The van der Waals surface area contributed by atoms with Gasteiger partial charge in [-0.1, -0.05) is 6.07 Å². The van der Waals surface area contributed by atoms with Crippen molar-refractivity contribution < 1.29 is 42.7 Å². The van der Waals surface area contributed by atoms with Gasteiger partial charge in [0.25, 0.3) is 0 Å². The first-order valence-corrected chi connectivity index (χ1v) is 16.4. The van der Waals surface area contributed by atoms with Crippen LogP contribution in [0.2, 0.25) is 0 Å². The predicted octanol–water partition coefficient (Wildman–Crippen LogP) is 1.58. The van der Waals surface area contributed by atoms with Crippen molar-refractivity contribution >= 4 is 29.6 Å². The summed E-state index contributed by atoms with van der Waals surface area (Å²) in [7, 11) is 5.52. The van der Waals surface area contributed by atoms with E-state index in [1.165, 1.54) is 23.0 Å². The van der Waals surface area contributed by atoms with E-state index in [-0.39, 0.29) is 30.7 Å². The van der Waals surface area contributed by atoms with Crippen molar-refractivity contribution in [3.8, 4) is 17.2 Å². The number of methoxy groups -OCH3 is 1. The molecule has 2 aliphatic carbocycles. The van der Waals surface area contributed by atoms with Crippen LogP contribution in [0.3, 0.4) is 0 Å². The Morgan fingerprint density at radius 1 is 1.17 bits per heavy atom. The number of hydrogen-bond donors (Lipinski definition) is 3. The number of hydrogen-bond acceptors (Lipinski definition) is 8. The molecular weight excluding hydrogens is 618 g/mol. The quantitative estimate of drug-likeness (QED) is 0.305. The minimum absolute atomic E-state index is 0.0819. The SMILES string of the molecule is COc1ccc2c3c1O[C@H]1C(=O)CC[C@H]4C(C2)[N@@+](C)(Cc2ccc(OC(=O)N(C)CCNC(=O)[C@H](CC(N)=O)NC(C)=O)cc2)CC[C@]314. The number of nitrogens with two attached hydrogens (primary N) is 1. The average molecular weight is 663 g/mol. The van der Waals surface area contributed by atoms with Crippen LogP contribution in [-0.2, 0) is 37.6 Å². The van der Waals surface area contributed by atoms with Crippen molar-refractivity contribution in [1.82, 2.24) is 15.5 Å². The van der Waals surface area contributed by atoms with Crippen molar-refractivity contribution in [1.29, 1.82) is 0 Å². The van der Waals surface area contributed by atoms with Crippen molar-refractivity contribution in [2.45, 2.75) is 69.2 Å². The first kappa shape index (κ1) is 33.3. The molecule has 2 heterocycles. The van der Waals surface area contributed by atoms with E-state index in [2.05, 4.69) is 23.7 Å². The van der Waals surface area contributed by atoms with Gasteiger partial charge in [0.2, 0.25) is 17.7 Å². The van der Waals surface area contributed by atoms with Gasteiger partial charge in [-0.25, -0.2) is 4.79 Å². The van der Waals surface area contributed by atoms with Crippen LogP contribution in [0.25, 0.3) is 0 Å². The van der Waals surface area contributed by atoms with Gasteiger partial charge >= 0.3 is 6.09 Å². The lowest BCUT2D eigenvalue weighted by Gasteiger charge is -2.60. The van der Waals surface area contributed by atoms with Crippen molar-refractivity contribution in [2.24, 2.45) is 11.7 Å². The molecule has 1 spiro atoms. The Hall–Kier alpha value is -4.65. The van der Waals surface area contributed by atoms with E-state index < -0.39 is 36.0 Å². The Labute approximate surface area is 279 Å². The second-order valence-corrected chi connectivity index (χ2v) is 13.8. The molecule has 1 saturated heterocycles. The lowest BCUT2D eigenvalue weighted by molar-refractivity contribution is -0.957. The van der Waals surface area contributed by atoms with E-state index in [0.717, 1.165) is 48.1 Å². The maximum absolute atomic E-state index is 13.2. The number of Topliss-reactive ketones (excluding diaryl/α,β-unsaturated/α-hetero) is 1. The van der Waals surface area contributed by atoms with Gasteiger partial charge in [0.15, 0.2) is 23.4 Å². The molecule has 4 N–H and O–H groups in total. The lowest BCUT2D eigenvalue weighted by atomic mass is 9.51. The van der Waals surface area contributed by atoms with Crippen LogP contribution in [0.5, 0.6) is 17.2 Å². The number of nitrogens with one attached hydrogen (secondary N) is 2. The number of carbonyl (C=O) groups is 5. The number of benzene rings is 2. The Balaban J connectivity index is 1.08. The molecule has 6 atom stereocenters. The molecular formula is C35H44N5O8+. The van der Waals surface area contributed by atoms with Crippen LogP contribution >= 0.6 is 0 Å². The molecule has 13 nitrogen and oxygen atoms in total. The number of likely N-dealkylation sites (tertiary alicyclic amines) is 1. The normalized spacial score (nSPS) is 26.8. The molecule has 2 fully saturated rings. The molecule has 2 aliphatic heterocycles. The molecule has 6 rings (SSSR count). The van der Waals surface area contributed by atoms with E-state index in [1.807, 2.05) is 18.2 Å². The first-order chi connectivity index (χ1) is 22.9. The number of ketones is 1. The topological polar surface area (TPSA) is 166 Å². The second-order valence-electron chi connectivity index (χ2n) is 13.8. The van der Waals surface area contributed by atoms with Gasteiger partial charge < -0.3 is 40.0 Å². The summed E-state index contributed by atoms with van der Waals surface area (Å²) in [6.07, 6.45) is 1.82. The highest BCUT2D eigenvalue weighted by Crippen LogP contribution is 2.64. The van der Waals surface area contributed by atoms with Crippen LogP contribution in [-0.4, -0.2) is 98.0 Å². The number of likely N-dealkylation sites (N-methyl/N-ethyl adjacent to an activating group) is 2. The van der Waals surface area contributed by atoms with Crippen molar-refractivity contribution in [3.63, 3.8) is 0 Å². The van der Waals surface area contributed by atoms with E-state index in [9.17, 15) is 24.0 Å². The van der Waals surface area contributed by atoms with E-state index in [4.69, 9.17) is 19.9 Å². The summed E-state index contributed by atoms with van der Waals surface area (Å²) in [5.41, 5.74) is 8.48. The minimum Gasteiger partial charge on any atom is -0.493 e. The third-order valence-corrected chi connectivity index (χ3v) is 10.8. The highest BCUT2D eigenvalue weighted by atomic mass is 16.6. The maximum Gasteiger partial charge on any atom is 0.415 e. The third-order valence-electron chi connectivity index (χ3n) is 10.8. The lowest BCUT2D eigenvalue weighted by Crippen LogP contribution is -2.71. The second kappa shape index (κ2) is 12.8. The number of piperidine rings is 1. The summed E-state index contributed by atoms with van der Waals surface area (Å²) in [5, 5.41) is 4.99. The predicted molar refractivity (Wildman–Crippen MR) is 173 cm³/mol. The molecule has 4 aliphatic rings. The molecule has 1 unspecified atom stereocenters. The summed E-state index contributed by atoms with van der Waals surface area (Å²) in [5.74, 6) is 0.646. The highest BCUT2D eigenvalue weighted by Gasteiger charge is 2.69. The number of carbonyl (C=O) groups excluding carboxylic acids is 5. The van der Waals surface area contributed by atoms with Gasteiger partial charge in [-0.15, -0.1) is 0 Å². The van der Waals surface area contributed by atoms with E-state index >= 15 is 0 Å². The Morgan fingerprint density at radius 2 is 1.92 bits per heavy atom. The number of ether oxygens (including phenoxy) is 3. The zero-order chi connectivity index (χ0) is 34.4. The van der Waals surface area contributed by atoms with E-state index in [1.54, 1.807) is 26.3 Å². The first-order valence-electron chi connectivity index (χ1n) is 16.4. The molecule has 0 aromatic heterocycles. The maximum atomic E-state index is 13.2. The minimum atomic E-state index is -1.09. The molecule has 1 saturated carbocycles. The number of primary amides is 1. The largest absolute Gasteiger partial charge is 0.493 e. The smallest absolute Gasteiger partial charge is 0.415 e. The van der Waals surface area contributed by atoms with Crippen LogP contribution < -0.4 is 30.6 Å². The van der Waals surface area contributed by atoms with E-state index in [0.29, 0.717) is 29.9 Å². The molecule has 0 radical (unpaired) electrons.